The second kappa shape index (κ2) is 12.7. The summed E-state index contributed by atoms with van der Waals surface area (Å²) >= 11 is 0. The van der Waals surface area contributed by atoms with Crippen molar-refractivity contribution in [3.05, 3.63) is 95.6 Å². The molecule has 0 bridgehead atoms. The predicted molar refractivity (Wildman–Crippen MR) is 156 cm³/mol. The van der Waals surface area contributed by atoms with Crippen LogP contribution in [0.2, 0.25) is 0 Å². The van der Waals surface area contributed by atoms with E-state index < -0.39 is 5.60 Å². The zero-order valence-electron chi connectivity index (χ0n) is 24.2. The van der Waals surface area contributed by atoms with E-state index in [9.17, 15) is 4.79 Å². The van der Waals surface area contributed by atoms with Gasteiger partial charge in [-0.1, -0.05) is 66.7 Å². The fourth-order valence-corrected chi connectivity index (χ4v) is 5.95. The van der Waals surface area contributed by atoms with Gasteiger partial charge in [0.1, 0.15) is 5.60 Å². The Labute approximate surface area is 234 Å². The maximum Gasteiger partial charge on any atom is 0.311 e. The van der Waals surface area contributed by atoms with E-state index in [4.69, 9.17) is 14.2 Å². The van der Waals surface area contributed by atoms with Crippen LogP contribution in [0.25, 0.3) is 0 Å². The maximum absolute atomic E-state index is 13.7. The van der Waals surface area contributed by atoms with Gasteiger partial charge >= 0.3 is 5.97 Å². The van der Waals surface area contributed by atoms with Crippen LogP contribution in [0.5, 0.6) is 11.5 Å². The van der Waals surface area contributed by atoms with Crippen molar-refractivity contribution in [2.24, 2.45) is 11.8 Å². The zero-order valence-corrected chi connectivity index (χ0v) is 24.2. The van der Waals surface area contributed by atoms with Crippen LogP contribution in [0.15, 0.2) is 78.9 Å². The van der Waals surface area contributed by atoms with Crippen LogP contribution in [0.4, 0.5) is 0 Å². The number of methoxy groups -OCH3 is 2. The summed E-state index contributed by atoms with van der Waals surface area (Å²) in [5.74, 6) is 1.43. The molecule has 5 nitrogen and oxygen atoms in total. The minimum atomic E-state index is -0.529. The van der Waals surface area contributed by atoms with Crippen molar-refractivity contribution in [1.82, 2.24) is 4.90 Å². The number of carbonyl (C=O) groups is 1. The first-order chi connectivity index (χ1) is 18.7. The highest BCUT2D eigenvalue weighted by Crippen LogP contribution is 2.43. The molecule has 0 spiro atoms. The number of hydrogen-bond acceptors (Lipinski definition) is 5. The topological polar surface area (TPSA) is 48.0 Å². The lowest BCUT2D eigenvalue weighted by Gasteiger charge is -2.41. The van der Waals surface area contributed by atoms with Crippen molar-refractivity contribution >= 4 is 5.97 Å². The lowest BCUT2D eigenvalue weighted by Crippen LogP contribution is -2.47. The molecule has 4 rings (SSSR count). The standard InChI is InChI=1S/C34H43NO4/c1-24(27-15-11-8-12-16-27)35(23-26-17-20-30(37-5)31(22-26)38-6)32-28(21-25-13-9-7-10-14-25)18-19-29(32)33(36)39-34(2,3)4/h7-17,20,22,24,28-29,32H,18-19,21,23H2,1-6H3/t24-,28-,29+,32-/m0/s1. The van der Waals surface area contributed by atoms with E-state index in [2.05, 4.69) is 72.5 Å². The number of ether oxygens (including phenoxy) is 3. The van der Waals surface area contributed by atoms with Crippen LogP contribution in [-0.4, -0.2) is 36.7 Å². The van der Waals surface area contributed by atoms with Crippen molar-refractivity contribution in [3.63, 3.8) is 0 Å². The summed E-state index contributed by atoms with van der Waals surface area (Å²) in [6.07, 6.45) is 2.73. The Morgan fingerprint density at radius 2 is 1.51 bits per heavy atom. The molecular formula is C34H43NO4. The monoisotopic (exact) mass is 529 g/mol. The van der Waals surface area contributed by atoms with Crippen LogP contribution in [0.3, 0.4) is 0 Å². The highest BCUT2D eigenvalue weighted by Gasteiger charge is 2.46. The average Bonchev–Trinajstić information content (AvgIpc) is 3.34. The minimum Gasteiger partial charge on any atom is -0.493 e. The Bertz CT molecular complexity index is 1200. The van der Waals surface area contributed by atoms with Gasteiger partial charge in [0.25, 0.3) is 0 Å². The fraction of sp³-hybridized carbons (Fsp3) is 0.441. The van der Waals surface area contributed by atoms with Crippen molar-refractivity contribution in [2.75, 3.05) is 14.2 Å². The van der Waals surface area contributed by atoms with Crippen LogP contribution in [0, 0.1) is 11.8 Å². The number of carbonyl (C=O) groups excluding carboxylic acids is 1. The molecule has 0 radical (unpaired) electrons. The van der Waals surface area contributed by atoms with E-state index in [0.29, 0.717) is 24.0 Å². The first-order valence-corrected chi connectivity index (χ1v) is 14.0. The fourth-order valence-electron chi connectivity index (χ4n) is 5.95. The van der Waals surface area contributed by atoms with E-state index >= 15 is 0 Å². The number of rotatable bonds is 10. The van der Waals surface area contributed by atoms with Gasteiger partial charge in [0.05, 0.1) is 20.1 Å². The molecule has 0 unspecified atom stereocenters. The molecule has 0 N–H and O–H groups in total. The lowest BCUT2D eigenvalue weighted by atomic mass is 9.88. The SMILES string of the molecule is COc1ccc(CN([C@H]2[C@H](Cc3ccccc3)CC[C@H]2C(=O)OC(C)(C)C)[C@@H](C)c2ccccc2)cc1OC. The molecule has 1 aliphatic rings. The second-order valence-electron chi connectivity index (χ2n) is 11.6. The van der Waals surface area contributed by atoms with Gasteiger partial charge < -0.3 is 14.2 Å². The first-order valence-electron chi connectivity index (χ1n) is 14.0. The van der Waals surface area contributed by atoms with Crippen LogP contribution >= 0.6 is 0 Å². The molecule has 1 saturated carbocycles. The molecule has 39 heavy (non-hydrogen) atoms. The molecule has 1 aliphatic carbocycles. The van der Waals surface area contributed by atoms with Gasteiger partial charge in [-0.2, -0.15) is 0 Å². The van der Waals surface area contributed by atoms with E-state index in [0.717, 1.165) is 24.8 Å². The highest BCUT2D eigenvalue weighted by atomic mass is 16.6. The minimum absolute atomic E-state index is 0.0170. The summed E-state index contributed by atoms with van der Waals surface area (Å²) in [7, 11) is 3.32. The van der Waals surface area contributed by atoms with Crippen molar-refractivity contribution in [2.45, 2.75) is 71.2 Å². The largest absolute Gasteiger partial charge is 0.493 e. The summed E-state index contributed by atoms with van der Waals surface area (Å²) in [5.41, 5.74) is 3.11. The Balaban J connectivity index is 1.76. The molecule has 0 amide bonds. The summed E-state index contributed by atoms with van der Waals surface area (Å²) < 4.78 is 17.1. The summed E-state index contributed by atoms with van der Waals surface area (Å²) in [4.78, 5) is 16.2. The second-order valence-corrected chi connectivity index (χ2v) is 11.6. The van der Waals surface area contributed by atoms with Crippen LogP contribution in [-0.2, 0) is 22.5 Å². The molecule has 1 fully saturated rings. The summed E-state index contributed by atoms with van der Waals surface area (Å²) in [5, 5.41) is 0. The Morgan fingerprint density at radius 1 is 0.872 bits per heavy atom. The van der Waals surface area contributed by atoms with Crippen molar-refractivity contribution in [1.29, 1.82) is 0 Å². The molecular weight excluding hydrogens is 486 g/mol. The Morgan fingerprint density at radius 3 is 2.13 bits per heavy atom. The number of benzene rings is 3. The summed E-state index contributed by atoms with van der Waals surface area (Å²) in [6, 6.07) is 27.4. The average molecular weight is 530 g/mol. The van der Waals surface area contributed by atoms with Crippen LogP contribution in [0.1, 0.15) is 63.3 Å². The number of hydrogen-bond donors (Lipinski definition) is 0. The molecule has 0 aliphatic heterocycles. The maximum atomic E-state index is 13.7. The lowest BCUT2D eigenvalue weighted by molar-refractivity contribution is -0.162. The molecule has 0 saturated heterocycles. The number of nitrogens with zero attached hydrogens (tertiary/aromatic N) is 1. The van der Waals surface area contributed by atoms with Gasteiger partial charge in [-0.15, -0.1) is 0 Å². The number of esters is 1. The predicted octanol–water partition coefficient (Wildman–Crippen LogP) is 7.25. The van der Waals surface area contributed by atoms with E-state index in [1.807, 2.05) is 39.0 Å². The van der Waals surface area contributed by atoms with Gasteiger partial charge in [-0.3, -0.25) is 9.69 Å². The Kier molecular flexibility index (Phi) is 9.34. The summed E-state index contributed by atoms with van der Waals surface area (Å²) in [6.45, 7) is 8.77. The van der Waals surface area contributed by atoms with Crippen molar-refractivity contribution < 1.29 is 19.0 Å². The Hall–Kier alpha value is -3.31. The van der Waals surface area contributed by atoms with E-state index in [1.165, 1.54) is 11.1 Å². The van der Waals surface area contributed by atoms with Gasteiger partial charge in [0.15, 0.2) is 11.5 Å². The normalized spacial score (nSPS) is 20.0. The molecule has 208 valence electrons. The van der Waals surface area contributed by atoms with E-state index in [-0.39, 0.29) is 24.0 Å². The molecule has 4 atom stereocenters. The molecule has 3 aromatic carbocycles. The highest BCUT2D eigenvalue weighted by molar-refractivity contribution is 5.74. The first kappa shape index (κ1) is 28.7. The quantitative estimate of drug-likeness (QED) is 0.259. The van der Waals surface area contributed by atoms with Gasteiger partial charge in [0.2, 0.25) is 0 Å². The van der Waals surface area contributed by atoms with Crippen LogP contribution < -0.4 is 9.47 Å². The van der Waals surface area contributed by atoms with E-state index in [1.54, 1.807) is 14.2 Å². The molecule has 3 aromatic rings. The molecule has 0 aromatic heterocycles. The van der Waals surface area contributed by atoms with Gasteiger partial charge in [-0.05, 0) is 81.7 Å². The molecule has 5 heteroatoms. The smallest absolute Gasteiger partial charge is 0.311 e. The third-order valence-corrected chi connectivity index (χ3v) is 7.77. The van der Waals surface area contributed by atoms with Crippen molar-refractivity contribution in [3.8, 4) is 11.5 Å². The zero-order chi connectivity index (χ0) is 28.0. The molecule has 0 heterocycles. The third-order valence-electron chi connectivity index (χ3n) is 7.77. The van der Waals surface area contributed by atoms with Gasteiger partial charge in [0, 0.05) is 18.6 Å². The van der Waals surface area contributed by atoms with Gasteiger partial charge in [-0.25, -0.2) is 0 Å². The third kappa shape index (κ3) is 7.21.